The number of halogens is 2. The lowest BCUT2D eigenvalue weighted by Gasteiger charge is -2.08. The van der Waals surface area contributed by atoms with Crippen LogP contribution in [-0.2, 0) is 0 Å². The topological polar surface area (TPSA) is 66.0 Å². The zero-order valence-corrected chi connectivity index (χ0v) is 11.6. The van der Waals surface area contributed by atoms with Crippen LogP contribution in [-0.4, -0.2) is 15.1 Å². The minimum absolute atomic E-state index is 0.179. The van der Waals surface area contributed by atoms with Crippen LogP contribution in [0.4, 0.5) is 4.39 Å². The number of hydrogen-bond acceptors (Lipinski definition) is 3. The van der Waals surface area contributed by atoms with Gasteiger partial charge in [0.1, 0.15) is 17.4 Å². The molecule has 6 heteroatoms. The standard InChI is InChI=1S/C14H8BrFN2O2/c15-9-5-7(16)6-11(19)12(9)13-17-10-4-2-1-3-8(10)14(20)18-13/h1-6,19H,(H,17,18,20). The van der Waals surface area contributed by atoms with E-state index in [0.29, 0.717) is 15.4 Å². The molecule has 0 amide bonds. The molecule has 100 valence electrons. The van der Waals surface area contributed by atoms with Crippen LogP contribution < -0.4 is 5.56 Å². The summed E-state index contributed by atoms with van der Waals surface area (Å²) in [7, 11) is 0. The molecule has 0 bridgehead atoms. The number of aromatic amines is 1. The van der Waals surface area contributed by atoms with E-state index in [0.717, 1.165) is 6.07 Å². The molecule has 1 aromatic heterocycles. The zero-order valence-electron chi connectivity index (χ0n) is 10.0. The first-order chi connectivity index (χ1) is 9.56. The molecule has 0 aliphatic rings. The monoisotopic (exact) mass is 334 g/mol. The average molecular weight is 335 g/mol. The van der Waals surface area contributed by atoms with Crippen LogP contribution in [0.3, 0.4) is 0 Å². The van der Waals surface area contributed by atoms with Gasteiger partial charge < -0.3 is 10.1 Å². The molecule has 0 saturated heterocycles. The summed E-state index contributed by atoms with van der Waals surface area (Å²) in [5, 5.41) is 10.3. The van der Waals surface area contributed by atoms with E-state index in [9.17, 15) is 14.3 Å². The van der Waals surface area contributed by atoms with Crippen LogP contribution >= 0.6 is 15.9 Å². The van der Waals surface area contributed by atoms with E-state index < -0.39 is 5.82 Å². The maximum atomic E-state index is 13.2. The molecule has 0 spiro atoms. The molecule has 2 aromatic carbocycles. The Morgan fingerprint density at radius 2 is 2.00 bits per heavy atom. The van der Waals surface area contributed by atoms with Crippen LogP contribution in [0.15, 0.2) is 45.7 Å². The summed E-state index contributed by atoms with van der Waals surface area (Å²) in [6, 6.07) is 9.02. The number of phenols is 1. The van der Waals surface area contributed by atoms with Crippen molar-refractivity contribution in [3.05, 3.63) is 57.0 Å². The SMILES string of the molecule is O=c1[nH]c(-c2c(O)cc(F)cc2Br)nc2ccccc12. The van der Waals surface area contributed by atoms with E-state index >= 15 is 0 Å². The Balaban J connectivity index is 2.33. The van der Waals surface area contributed by atoms with E-state index in [-0.39, 0.29) is 22.7 Å². The van der Waals surface area contributed by atoms with Crippen molar-refractivity contribution in [3.63, 3.8) is 0 Å². The summed E-state index contributed by atoms with van der Waals surface area (Å²) in [4.78, 5) is 18.9. The highest BCUT2D eigenvalue weighted by atomic mass is 79.9. The van der Waals surface area contributed by atoms with Crippen LogP contribution in [0.5, 0.6) is 5.75 Å². The van der Waals surface area contributed by atoms with Gasteiger partial charge in [0.25, 0.3) is 5.56 Å². The second kappa shape index (κ2) is 4.72. The van der Waals surface area contributed by atoms with E-state index in [1.54, 1.807) is 24.3 Å². The van der Waals surface area contributed by atoms with Crippen molar-refractivity contribution in [2.45, 2.75) is 0 Å². The fourth-order valence-electron chi connectivity index (χ4n) is 2.00. The van der Waals surface area contributed by atoms with Crippen molar-refractivity contribution >= 4 is 26.8 Å². The number of hydrogen-bond donors (Lipinski definition) is 2. The Bertz CT molecular complexity index is 853. The summed E-state index contributed by atoms with van der Waals surface area (Å²) in [6.07, 6.45) is 0. The van der Waals surface area contributed by atoms with Crippen molar-refractivity contribution in [3.8, 4) is 17.1 Å². The molecule has 0 fully saturated rings. The Morgan fingerprint density at radius 3 is 2.75 bits per heavy atom. The van der Waals surface area contributed by atoms with Gasteiger partial charge in [-0.05, 0) is 34.1 Å². The van der Waals surface area contributed by atoms with Gasteiger partial charge in [-0.3, -0.25) is 4.79 Å². The highest BCUT2D eigenvalue weighted by Crippen LogP contribution is 2.34. The summed E-state index contributed by atoms with van der Waals surface area (Å²) in [5.74, 6) is -0.699. The van der Waals surface area contributed by atoms with Gasteiger partial charge in [0, 0.05) is 10.5 Å². The molecular weight excluding hydrogens is 327 g/mol. The van der Waals surface area contributed by atoms with Gasteiger partial charge in [0.05, 0.1) is 16.5 Å². The zero-order chi connectivity index (χ0) is 14.3. The first kappa shape index (κ1) is 12.8. The molecule has 0 aliphatic heterocycles. The molecule has 2 N–H and O–H groups in total. The second-order valence-electron chi connectivity index (χ2n) is 4.21. The minimum Gasteiger partial charge on any atom is -0.507 e. The highest BCUT2D eigenvalue weighted by molar-refractivity contribution is 9.10. The number of aromatic nitrogens is 2. The van der Waals surface area contributed by atoms with Gasteiger partial charge >= 0.3 is 0 Å². The molecule has 20 heavy (non-hydrogen) atoms. The molecule has 4 nitrogen and oxygen atoms in total. The van der Waals surface area contributed by atoms with Crippen molar-refractivity contribution in [1.82, 2.24) is 9.97 Å². The van der Waals surface area contributed by atoms with Crippen LogP contribution in [0.2, 0.25) is 0 Å². The third-order valence-corrected chi connectivity index (χ3v) is 3.51. The predicted molar refractivity (Wildman–Crippen MR) is 77.1 cm³/mol. The number of phenolic OH excluding ortho intramolecular Hbond substituents is 1. The van der Waals surface area contributed by atoms with Crippen molar-refractivity contribution in [2.75, 3.05) is 0 Å². The number of nitrogens with one attached hydrogen (secondary N) is 1. The van der Waals surface area contributed by atoms with Crippen molar-refractivity contribution < 1.29 is 9.50 Å². The quantitative estimate of drug-likeness (QED) is 0.718. The van der Waals surface area contributed by atoms with Crippen LogP contribution in [0.1, 0.15) is 0 Å². The first-order valence-corrected chi connectivity index (χ1v) is 6.53. The summed E-state index contributed by atoms with van der Waals surface area (Å²) < 4.78 is 13.5. The molecule has 3 aromatic rings. The molecule has 0 saturated carbocycles. The number of aromatic hydroxyl groups is 1. The van der Waals surface area contributed by atoms with Gasteiger partial charge in [-0.15, -0.1) is 0 Å². The van der Waals surface area contributed by atoms with Gasteiger partial charge in [-0.2, -0.15) is 0 Å². The Kier molecular flexibility index (Phi) is 3.02. The number of para-hydroxylation sites is 1. The van der Waals surface area contributed by atoms with E-state index in [4.69, 9.17) is 0 Å². The first-order valence-electron chi connectivity index (χ1n) is 5.73. The third-order valence-electron chi connectivity index (χ3n) is 2.88. The predicted octanol–water partition coefficient (Wildman–Crippen LogP) is 3.20. The lowest BCUT2D eigenvalue weighted by atomic mass is 10.1. The fourth-order valence-corrected chi connectivity index (χ4v) is 2.61. The summed E-state index contributed by atoms with van der Waals surface area (Å²) >= 11 is 3.16. The second-order valence-corrected chi connectivity index (χ2v) is 5.07. The smallest absolute Gasteiger partial charge is 0.259 e. The largest absolute Gasteiger partial charge is 0.507 e. The summed E-state index contributed by atoms with van der Waals surface area (Å²) in [5.41, 5.74) is 0.428. The molecule has 1 heterocycles. The maximum Gasteiger partial charge on any atom is 0.259 e. The molecule has 0 aliphatic carbocycles. The number of benzene rings is 2. The van der Waals surface area contributed by atoms with Crippen LogP contribution in [0.25, 0.3) is 22.3 Å². The Labute approximate surface area is 121 Å². The maximum absolute atomic E-state index is 13.2. The van der Waals surface area contributed by atoms with Gasteiger partial charge in [-0.1, -0.05) is 12.1 Å². The van der Waals surface area contributed by atoms with Gasteiger partial charge in [0.2, 0.25) is 0 Å². The van der Waals surface area contributed by atoms with Crippen molar-refractivity contribution in [2.24, 2.45) is 0 Å². The van der Waals surface area contributed by atoms with Crippen LogP contribution in [0, 0.1) is 5.82 Å². The molecular formula is C14H8BrFN2O2. The Hall–Kier alpha value is -2.21. The highest BCUT2D eigenvalue weighted by Gasteiger charge is 2.14. The molecule has 0 atom stereocenters. The lowest BCUT2D eigenvalue weighted by Crippen LogP contribution is -2.09. The van der Waals surface area contributed by atoms with Crippen molar-refractivity contribution in [1.29, 1.82) is 0 Å². The fraction of sp³-hybridized carbons (Fsp3) is 0. The normalized spacial score (nSPS) is 10.9. The number of H-pyrrole nitrogens is 1. The van der Waals surface area contributed by atoms with E-state index in [1.807, 2.05) is 0 Å². The Morgan fingerprint density at radius 1 is 1.25 bits per heavy atom. The average Bonchev–Trinajstić information content (AvgIpc) is 2.37. The number of fused-ring (bicyclic) bond motifs is 1. The van der Waals surface area contributed by atoms with E-state index in [1.165, 1.54) is 6.07 Å². The minimum atomic E-state index is -0.582. The number of nitrogens with zero attached hydrogens (tertiary/aromatic N) is 1. The lowest BCUT2D eigenvalue weighted by molar-refractivity contribution is 0.470. The summed E-state index contributed by atoms with van der Waals surface area (Å²) in [6.45, 7) is 0. The molecule has 0 unspecified atom stereocenters. The molecule has 0 radical (unpaired) electrons. The van der Waals surface area contributed by atoms with Gasteiger partial charge in [0.15, 0.2) is 0 Å². The van der Waals surface area contributed by atoms with E-state index in [2.05, 4.69) is 25.9 Å². The third kappa shape index (κ3) is 2.08. The molecule has 3 rings (SSSR count). The number of rotatable bonds is 1. The van der Waals surface area contributed by atoms with Gasteiger partial charge in [-0.25, -0.2) is 9.37 Å².